The predicted octanol–water partition coefficient (Wildman–Crippen LogP) is 3.11. The van der Waals surface area contributed by atoms with E-state index >= 15 is 0 Å². The molecule has 0 aliphatic heterocycles. The monoisotopic (exact) mass is 227 g/mol. The van der Waals surface area contributed by atoms with Gasteiger partial charge in [-0.1, -0.05) is 30.4 Å². The summed E-state index contributed by atoms with van der Waals surface area (Å²) in [6, 6.07) is 2.08. The number of hydrogen-bond donors (Lipinski definition) is 1. The van der Waals surface area contributed by atoms with E-state index in [0.717, 1.165) is 5.76 Å². The van der Waals surface area contributed by atoms with Crippen LogP contribution in [0.2, 0.25) is 0 Å². The second-order valence-corrected chi connectivity index (χ2v) is 4.95. The molecule has 1 N–H and O–H groups in total. The van der Waals surface area contributed by atoms with E-state index in [0.29, 0.717) is 11.8 Å². The average Bonchev–Trinajstić information content (AvgIpc) is 2.75. The van der Waals surface area contributed by atoms with E-state index < -0.39 is 0 Å². The fourth-order valence-electron chi connectivity index (χ4n) is 2.52. The Kier molecular flexibility index (Phi) is 2.33. The van der Waals surface area contributed by atoms with E-state index in [9.17, 15) is 0 Å². The van der Waals surface area contributed by atoms with Gasteiger partial charge in [-0.05, 0) is 26.1 Å². The Hall–Kier alpha value is -1.54. The summed E-state index contributed by atoms with van der Waals surface area (Å²) in [5.74, 6) is 1.84. The molecule has 2 nitrogen and oxygen atoms in total. The van der Waals surface area contributed by atoms with Crippen LogP contribution in [-0.4, -0.2) is 12.6 Å². The van der Waals surface area contributed by atoms with Gasteiger partial charge in [0.25, 0.3) is 0 Å². The molecule has 2 unspecified atom stereocenters. The highest BCUT2D eigenvalue weighted by Crippen LogP contribution is 2.38. The Balaban J connectivity index is 2.05. The normalized spacial score (nSPS) is 34.2. The van der Waals surface area contributed by atoms with Crippen LogP contribution in [0, 0.1) is 5.92 Å². The van der Waals surface area contributed by atoms with Gasteiger partial charge in [-0.15, -0.1) is 0 Å². The van der Waals surface area contributed by atoms with E-state index in [1.165, 1.54) is 5.56 Å². The zero-order chi connectivity index (χ0) is 11.9. The Labute approximate surface area is 102 Å². The van der Waals surface area contributed by atoms with Crippen LogP contribution in [0.25, 0.3) is 6.08 Å². The second-order valence-electron chi connectivity index (χ2n) is 4.95. The van der Waals surface area contributed by atoms with Crippen LogP contribution in [0.15, 0.2) is 47.1 Å². The van der Waals surface area contributed by atoms with Crippen molar-refractivity contribution in [2.24, 2.45) is 5.92 Å². The Morgan fingerprint density at radius 2 is 2.06 bits per heavy atom. The van der Waals surface area contributed by atoms with Crippen molar-refractivity contribution in [3.05, 3.63) is 54.0 Å². The van der Waals surface area contributed by atoms with Gasteiger partial charge in [-0.3, -0.25) is 0 Å². The maximum Gasteiger partial charge on any atom is 0.130 e. The summed E-state index contributed by atoms with van der Waals surface area (Å²) in [6.45, 7) is 2.18. The minimum Gasteiger partial charge on any atom is -0.465 e. The number of allylic oxidation sites excluding steroid dienone is 3. The number of nitrogens with one attached hydrogen (secondary N) is 1. The molecule has 0 fully saturated rings. The highest BCUT2D eigenvalue weighted by Gasteiger charge is 2.28. The number of hydrogen-bond acceptors (Lipinski definition) is 2. The predicted molar refractivity (Wildman–Crippen MR) is 69.7 cm³/mol. The minimum atomic E-state index is -0.0465. The van der Waals surface area contributed by atoms with E-state index in [4.69, 9.17) is 4.42 Å². The summed E-state index contributed by atoms with van der Waals surface area (Å²) in [7, 11) is 1.99. The first kappa shape index (κ1) is 10.6. The van der Waals surface area contributed by atoms with Gasteiger partial charge in [0.2, 0.25) is 0 Å². The summed E-state index contributed by atoms with van der Waals surface area (Å²) in [5.41, 5.74) is 1.24. The quantitative estimate of drug-likeness (QED) is 0.746. The first-order chi connectivity index (χ1) is 8.22. The molecule has 2 heteroatoms. The lowest BCUT2D eigenvalue weighted by atomic mass is 9.82. The van der Waals surface area contributed by atoms with Gasteiger partial charge in [0.1, 0.15) is 5.76 Å². The van der Waals surface area contributed by atoms with Crippen molar-refractivity contribution in [2.45, 2.75) is 18.4 Å². The maximum atomic E-state index is 5.46. The average molecular weight is 227 g/mol. The standard InChI is InChI=1S/C15H17NO/c1-15(16-2)8-5-11-3-4-14-13(7-10-17-14)12(11)6-9-15/h3-12,16H,1-2H3/t11?,12?,15-/m1/s1. The third kappa shape index (κ3) is 1.69. The van der Waals surface area contributed by atoms with Gasteiger partial charge in [-0.2, -0.15) is 0 Å². The first-order valence-electron chi connectivity index (χ1n) is 6.05. The molecule has 0 radical (unpaired) electrons. The summed E-state index contributed by atoms with van der Waals surface area (Å²) < 4.78 is 5.46. The van der Waals surface area contributed by atoms with E-state index in [1.54, 1.807) is 6.26 Å². The molecule has 2 aliphatic rings. The van der Waals surface area contributed by atoms with Crippen molar-refractivity contribution >= 4 is 6.08 Å². The van der Waals surface area contributed by atoms with Crippen LogP contribution in [0.5, 0.6) is 0 Å². The van der Waals surface area contributed by atoms with E-state index in [-0.39, 0.29) is 5.54 Å². The molecule has 3 atom stereocenters. The highest BCUT2D eigenvalue weighted by molar-refractivity contribution is 5.56. The third-order valence-electron chi connectivity index (χ3n) is 3.82. The van der Waals surface area contributed by atoms with Crippen molar-refractivity contribution in [1.82, 2.24) is 5.32 Å². The van der Waals surface area contributed by atoms with Gasteiger partial charge < -0.3 is 9.73 Å². The molecular weight excluding hydrogens is 210 g/mol. The topological polar surface area (TPSA) is 25.2 Å². The molecule has 0 amide bonds. The third-order valence-corrected chi connectivity index (χ3v) is 3.82. The van der Waals surface area contributed by atoms with Crippen molar-refractivity contribution in [1.29, 1.82) is 0 Å². The molecule has 17 heavy (non-hydrogen) atoms. The van der Waals surface area contributed by atoms with Crippen LogP contribution in [0.1, 0.15) is 24.2 Å². The zero-order valence-corrected chi connectivity index (χ0v) is 10.2. The fourth-order valence-corrected chi connectivity index (χ4v) is 2.52. The Morgan fingerprint density at radius 1 is 1.24 bits per heavy atom. The molecule has 1 heterocycles. The summed E-state index contributed by atoms with van der Waals surface area (Å²) in [5, 5.41) is 3.33. The smallest absolute Gasteiger partial charge is 0.130 e. The van der Waals surface area contributed by atoms with Gasteiger partial charge in [0.15, 0.2) is 0 Å². The molecule has 0 bridgehead atoms. The largest absolute Gasteiger partial charge is 0.465 e. The number of rotatable bonds is 1. The van der Waals surface area contributed by atoms with Crippen molar-refractivity contribution < 1.29 is 4.42 Å². The van der Waals surface area contributed by atoms with Gasteiger partial charge in [0.05, 0.1) is 11.8 Å². The lowest BCUT2D eigenvalue weighted by Gasteiger charge is -2.21. The molecule has 0 aromatic carbocycles. The molecule has 88 valence electrons. The van der Waals surface area contributed by atoms with Crippen LogP contribution in [0.3, 0.4) is 0 Å². The van der Waals surface area contributed by atoms with E-state index in [1.807, 2.05) is 7.05 Å². The van der Waals surface area contributed by atoms with Gasteiger partial charge in [-0.25, -0.2) is 0 Å². The molecule has 0 saturated carbocycles. The van der Waals surface area contributed by atoms with Crippen LogP contribution < -0.4 is 5.32 Å². The summed E-state index contributed by atoms with van der Waals surface area (Å²) in [6.07, 6.45) is 15.1. The van der Waals surface area contributed by atoms with Crippen LogP contribution in [-0.2, 0) is 0 Å². The number of fused-ring (bicyclic) bond motifs is 3. The van der Waals surface area contributed by atoms with Crippen molar-refractivity contribution in [3.8, 4) is 0 Å². The molecule has 0 saturated heterocycles. The second kappa shape index (κ2) is 3.74. The molecule has 1 aromatic rings. The molecule has 1 aromatic heterocycles. The summed E-state index contributed by atoms with van der Waals surface area (Å²) >= 11 is 0. The Morgan fingerprint density at radius 3 is 2.88 bits per heavy atom. The molecule has 2 aliphatic carbocycles. The van der Waals surface area contributed by atoms with Gasteiger partial charge in [0, 0.05) is 17.4 Å². The molecule has 0 spiro atoms. The Bertz CT molecular complexity index is 509. The van der Waals surface area contributed by atoms with Crippen LogP contribution in [0.4, 0.5) is 0 Å². The van der Waals surface area contributed by atoms with Crippen molar-refractivity contribution in [3.63, 3.8) is 0 Å². The highest BCUT2D eigenvalue weighted by atomic mass is 16.3. The zero-order valence-electron chi connectivity index (χ0n) is 10.2. The number of furan rings is 1. The fraction of sp³-hybridized carbons (Fsp3) is 0.333. The number of likely N-dealkylation sites (N-methyl/N-ethyl adjacent to an activating group) is 1. The molecule has 3 rings (SSSR count). The van der Waals surface area contributed by atoms with Crippen molar-refractivity contribution in [2.75, 3.05) is 7.05 Å². The molecular formula is C15H17NO. The van der Waals surface area contributed by atoms with Crippen LogP contribution >= 0.6 is 0 Å². The maximum absolute atomic E-state index is 5.46. The lowest BCUT2D eigenvalue weighted by Crippen LogP contribution is -2.34. The summed E-state index contributed by atoms with van der Waals surface area (Å²) in [4.78, 5) is 0. The van der Waals surface area contributed by atoms with Gasteiger partial charge >= 0.3 is 0 Å². The lowest BCUT2D eigenvalue weighted by molar-refractivity contribution is 0.542. The minimum absolute atomic E-state index is 0.0465. The first-order valence-corrected chi connectivity index (χ1v) is 6.05. The van der Waals surface area contributed by atoms with E-state index in [2.05, 4.69) is 54.8 Å². The SMILES string of the molecule is CN[C@]1(C)C=CC2C=Cc3occc3C2C=C1.